The Bertz CT molecular complexity index is 1330. The number of hydrogen-bond donors (Lipinski definition) is 0. The normalized spacial score (nSPS) is 25.7. The lowest BCUT2D eigenvalue weighted by atomic mass is 9.77. The molecule has 0 radical (unpaired) electrons. The van der Waals surface area contributed by atoms with Gasteiger partial charge in [-0.2, -0.15) is 4.31 Å². The summed E-state index contributed by atoms with van der Waals surface area (Å²) < 4.78 is 57.3. The molecule has 1 saturated heterocycles. The van der Waals surface area contributed by atoms with Crippen LogP contribution in [0.5, 0.6) is 0 Å². The number of carbonyl (C=O) groups excluding carboxylic acids is 1. The van der Waals surface area contributed by atoms with Gasteiger partial charge in [0.25, 0.3) is 0 Å². The van der Waals surface area contributed by atoms with Crippen LogP contribution in [0.1, 0.15) is 44.2 Å². The summed E-state index contributed by atoms with van der Waals surface area (Å²) in [4.78, 5) is 12.6. The Hall–Kier alpha value is -2.29. The molecular weight excluding hydrogens is 482 g/mol. The molecule has 1 fully saturated rings. The molecule has 0 bridgehead atoms. The van der Waals surface area contributed by atoms with E-state index in [0.717, 1.165) is 17.4 Å². The van der Waals surface area contributed by atoms with Crippen molar-refractivity contribution in [1.82, 2.24) is 4.31 Å². The minimum atomic E-state index is -3.99. The summed E-state index contributed by atoms with van der Waals surface area (Å²) in [5.74, 6) is -0.755. The van der Waals surface area contributed by atoms with Crippen molar-refractivity contribution in [2.45, 2.75) is 74.1 Å². The third-order valence-corrected chi connectivity index (χ3v) is 11.4. The third kappa shape index (κ3) is 4.63. The molecule has 188 valence electrons. The highest BCUT2D eigenvalue weighted by Gasteiger charge is 2.53. The Labute approximate surface area is 209 Å². The summed E-state index contributed by atoms with van der Waals surface area (Å²) in [7, 11) is -7.78. The summed E-state index contributed by atoms with van der Waals surface area (Å²) in [5.41, 5.74) is 2.43. The summed E-state index contributed by atoms with van der Waals surface area (Å²) in [6, 6.07) is 12.0. The first-order valence-corrected chi connectivity index (χ1v) is 15.0. The molecule has 1 aliphatic heterocycles. The second-order valence-corrected chi connectivity index (χ2v) is 14.0. The van der Waals surface area contributed by atoms with E-state index >= 15 is 0 Å². The maximum absolute atomic E-state index is 14.0. The van der Waals surface area contributed by atoms with Crippen molar-refractivity contribution < 1.29 is 21.6 Å². The number of benzene rings is 2. The van der Waals surface area contributed by atoms with Gasteiger partial charge in [0, 0.05) is 12.0 Å². The zero-order valence-corrected chi connectivity index (χ0v) is 22.2. The van der Waals surface area contributed by atoms with Gasteiger partial charge >= 0.3 is 0 Å². The fraction of sp³-hybridized carbons (Fsp3) is 0.444. The number of aldehydes is 1. The number of piperidine rings is 1. The monoisotopic (exact) mass is 515 g/mol. The standard InChI is InChI=1S/C27H33NO5S2/c1-18(2)25-16-26(34(30,31)22-12-8-19(3)9-13-22)24-7-5-6-21(17-29)27(24)28(25)35(32,33)23-14-10-20(4)11-15-23/h7-15,17-18,21,25-27H,5-6,16H2,1-4H3/t21-,25-,26+,27-/m1/s1. The molecular formula is C27H33NO5S2. The van der Waals surface area contributed by atoms with Crippen molar-refractivity contribution in [2.24, 2.45) is 11.8 Å². The molecule has 0 spiro atoms. The Morgan fingerprint density at radius 2 is 1.43 bits per heavy atom. The Balaban J connectivity index is 1.89. The number of rotatable bonds is 6. The van der Waals surface area contributed by atoms with Gasteiger partial charge in [-0.3, -0.25) is 0 Å². The van der Waals surface area contributed by atoms with Gasteiger partial charge in [0.05, 0.1) is 21.1 Å². The van der Waals surface area contributed by atoms with Gasteiger partial charge in [-0.15, -0.1) is 0 Å². The van der Waals surface area contributed by atoms with Crippen molar-refractivity contribution in [3.05, 3.63) is 71.3 Å². The molecule has 1 aliphatic carbocycles. The van der Waals surface area contributed by atoms with E-state index in [-0.39, 0.29) is 22.1 Å². The van der Waals surface area contributed by atoms with Crippen LogP contribution < -0.4 is 0 Å². The molecule has 4 rings (SSSR count). The molecule has 6 nitrogen and oxygen atoms in total. The van der Waals surface area contributed by atoms with Crippen LogP contribution in [0.15, 0.2) is 70.0 Å². The number of carbonyl (C=O) groups is 1. The van der Waals surface area contributed by atoms with E-state index in [1.165, 1.54) is 4.31 Å². The molecule has 0 N–H and O–H groups in total. The first-order chi connectivity index (χ1) is 16.5. The van der Waals surface area contributed by atoms with Crippen LogP contribution in [0.4, 0.5) is 0 Å². The van der Waals surface area contributed by atoms with Crippen LogP contribution in [0, 0.1) is 25.7 Å². The minimum Gasteiger partial charge on any atom is -0.303 e. The Morgan fingerprint density at radius 3 is 1.94 bits per heavy atom. The molecule has 0 aromatic heterocycles. The van der Waals surface area contributed by atoms with E-state index in [1.807, 2.05) is 33.8 Å². The molecule has 2 aromatic rings. The van der Waals surface area contributed by atoms with Gasteiger partial charge in [-0.25, -0.2) is 16.8 Å². The van der Waals surface area contributed by atoms with Crippen LogP contribution in [0.25, 0.3) is 0 Å². The number of hydrogen-bond acceptors (Lipinski definition) is 5. The molecule has 2 aliphatic rings. The summed E-state index contributed by atoms with van der Waals surface area (Å²) in [6.07, 6.45) is 3.83. The maximum Gasteiger partial charge on any atom is 0.243 e. The van der Waals surface area contributed by atoms with Crippen molar-refractivity contribution in [1.29, 1.82) is 0 Å². The highest BCUT2D eigenvalue weighted by molar-refractivity contribution is 7.92. The van der Waals surface area contributed by atoms with Gasteiger partial charge in [0.1, 0.15) is 6.29 Å². The van der Waals surface area contributed by atoms with Crippen molar-refractivity contribution >= 4 is 26.1 Å². The molecule has 0 amide bonds. The molecule has 1 heterocycles. The third-order valence-electron chi connectivity index (χ3n) is 7.32. The fourth-order valence-electron chi connectivity index (χ4n) is 5.36. The highest BCUT2D eigenvalue weighted by Crippen LogP contribution is 2.45. The lowest BCUT2D eigenvalue weighted by molar-refractivity contribution is -0.113. The average Bonchev–Trinajstić information content (AvgIpc) is 2.82. The smallest absolute Gasteiger partial charge is 0.243 e. The molecule has 0 saturated carbocycles. The minimum absolute atomic E-state index is 0.146. The van der Waals surface area contributed by atoms with Crippen molar-refractivity contribution in [3.63, 3.8) is 0 Å². The first-order valence-electron chi connectivity index (χ1n) is 12.0. The van der Waals surface area contributed by atoms with Gasteiger partial charge in [0.15, 0.2) is 9.84 Å². The van der Waals surface area contributed by atoms with Crippen LogP contribution in [-0.4, -0.2) is 44.8 Å². The Kier molecular flexibility index (Phi) is 7.10. The average molecular weight is 516 g/mol. The van der Waals surface area contributed by atoms with E-state index < -0.39 is 43.1 Å². The maximum atomic E-state index is 14.0. The van der Waals surface area contributed by atoms with E-state index in [4.69, 9.17) is 0 Å². The summed E-state index contributed by atoms with van der Waals surface area (Å²) in [6.45, 7) is 7.60. The SMILES string of the molecule is Cc1ccc(S(=O)(=O)[C@H]2C[C@H](C(C)C)N(S(=O)(=O)c3ccc(C)cc3)[C@H]3C2=CCC[C@@H]3C=O)cc1. The molecule has 2 aromatic carbocycles. The zero-order chi connectivity index (χ0) is 25.5. The number of sulfone groups is 1. The van der Waals surface area contributed by atoms with Gasteiger partial charge in [-0.1, -0.05) is 55.3 Å². The lowest BCUT2D eigenvalue weighted by Crippen LogP contribution is -2.60. The highest BCUT2D eigenvalue weighted by atomic mass is 32.2. The van der Waals surface area contributed by atoms with Crippen LogP contribution in [0.3, 0.4) is 0 Å². The van der Waals surface area contributed by atoms with Crippen LogP contribution in [0.2, 0.25) is 0 Å². The summed E-state index contributed by atoms with van der Waals surface area (Å²) in [5, 5.41) is -0.880. The Morgan fingerprint density at radius 1 is 0.886 bits per heavy atom. The largest absolute Gasteiger partial charge is 0.303 e. The summed E-state index contributed by atoms with van der Waals surface area (Å²) >= 11 is 0. The topological polar surface area (TPSA) is 88.6 Å². The first kappa shape index (κ1) is 25.8. The number of allylic oxidation sites excluding steroid dienone is 1. The number of sulfonamides is 1. The number of aryl methyl sites for hydroxylation is 2. The molecule has 0 unspecified atom stereocenters. The number of fused-ring (bicyclic) bond motifs is 1. The second-order valence-electron chi connectivity index (χ2n) is 10.1. The second kappa shape index (κ2) is 9.64. The predicted molar refractivity (Wildman–Crippen MR) is 136 cm³/mol. The van der Waals surface area contributed by atoms with E-state index in [9.17, 15) is 21.6 Å². The van der Waals surface area contributed by atoms with E-state index in [0.29, 0.717) is 18.4 Å². The van der Waals surface area contributed by atoms with Crippen LogP contribution >= 0.6 is 0 Å². The number of nitrogens with zero attached hydrogens (tertiary/aromatic N) is 1. The van der Waals surface area contributed by atoms with Gasteiger partial charge < -0.3 is 4.79 Å². The quantitative estimate of drug-likeness (QED) is 0.418. The zero-order valence-electron chi connectivity index (χ0n) is 20.6. The van der Waals surface area contributed by atoms with Gasteiger partial charge in [0.2, 0.25) is 10.0 Å². The fourth-order valence-corrected chi connectivity index (χ4v) is 9.23. The van der Waals surface area contributed by atoms with Crippen molar-refractivity contribution in [2.75, 3.05) is 0 Å². The van der Waals surface area contributed by atoms with Gasteiger partial charge in [-0.05, 0) is 68.9 Å². The molecule has 8 heteroatoms. The predicted octanol–water partition coefficient (Wildman–Crippen LogP) is 4.47. The van der Waals surface area contributed by atoms with Crippen molar-refractivity contribution in [3.8, 4) is 0 Å². The lowest BCUT2D eigenvalue weighted by Gasteiger charge is -2.50. The van der Waals surface area contributed by atoms with E-state index in [1.54, 1.807) is 48.5 Å². The van der Waals surface area contributed by atoms with E-state index in [2.05, 4.69) is 0 Å². The molecule has 4 atom stereocenters. The molecule has 35 heavy (non-hydrogen) atoms. The van der Waals surface area contributed by atoms with Crippen LogP contribution in [-0.2, 0) is 24.7 Å².